The summed E-state index contributed by atoms with van der Waals surface area (Å²) in [4.78, 5) is 203. The number of fused-ring (bicyclic) bond motifs is 4. The van der Waals surface area contributed by atoms with E-state index in [1.165, 1.54) is 12.7 Å². The van der Waals surface area contributed by atoms with Crippen LogP contribution in [0.4, 0.5) is 0 Å². The Bertz CT molecular complexity index is 5480. The molecule has 0 aliphatic carbocycles. The fourth-order valence-corrected chi connectivity index (χ4v) is 17.7. The van der Waals surface area contributed by atoms with Gasteiger partial charge in [0, 0.05) is 144 Å². The molecule has 6 heterocycles. The zero-order valence-corrected chi connectivity index (χ0v) is 73.0. The first-order chi connectivity index (χ1) is 62.9. The molecule has 0 saturated carbocycles. The van der Waals surface area contributed by atoms with Crippen molar-refractivity contribution in [3.8, 4) is 0 Å². The normalized spacial score (nSPS) is 14.2. The number of nitrogens with one attached hydrogen (secondary N) is 16. The van der Waals surface area contributed by atoms with Crippen molar-refractivity contribution >= 4 is 136 Å². The molecular formula is C92H110N24O12S2. The first-order valence-corrected chi connectivity index (χ1v) is 45.5. The average molecular weight is 1810 g/mol. The van der Waals surface area contributed by atoms with Crippen LogP contribution in [0.25, 0.3) is 43.6 Å². The number of unbranched alkanes of at least 4 members (excludes halogenated alkanes) is 2. The summed E-state index contributed by atoms with van der Waals surface area (Å²) in [5.41, 5.74) is 44.9. The number of nitrogens with zero attached hydrogens (tertiary/aromatic N) is 2. The lowest BCUT2D eigenvalue weighted by molar-refractivity contribution is -0.135. The predicted molar refractivity (Wildman–Crippen MR) is 497 cm³/mol. The van der Waals surface area contributed by atoms with Crippen LogP contribution >= 0.6 is 21.6 Å². The molecule has 682 valence electrons. The van der Waals surface area contributed by atoms with Gasteiger partial charge in [0.25, 0.3) is 0 Å². The second-order valence-corrected chi connectivity index (χ2v) is 34.5. The van der Waals surface area contributed by atoms with E-state index in [-0.39, 0.29) is 102 Å². The van der Waals surface area contributed by atoms with Gasteiger partial charge in [-0.05, 0) is 109 Å². The summed E-state index contributed by atoms with van der Waals surface area (Å²) in [6.07, 6.45) is 13.4. The molecule has 6 aromatic carbocycles. The molecular weight excluding hydrogens is 1700 g/mol. The molecule has 0 aliphatic heterocycles. The smallest absolute Gasteiger partial charge is 0.244 e. The maximum absolute atomic E-state index is 15.3. The lowest BCUT2D eigenvalue weighted by Gasteiger charge is -2.28. The lowest BCUT2D eigenvalue weighted by Crippen LogP contribution is -2.60. The molecule has 38 heteroatoms. The van der Waals surface area contributed by atoms with Crippen LogP contribution in [0.1, 0.15) is 83.3 Å². The number of H-pyrrole nitrogens is 6. The van der Waals surface area contributed by atoms with Crippen molar-refractivity contribution in [1.82, 2.24) is 93.0 Å². The van der Waals surface area contributed by atoms with E-state index in [4.69, 9.17) is 34.4 Å². The van der Waals surface area contributed by atoms with Gasteiger partial charge in [-0.1, -0.05) is 155 Å². The van der Waals surface area contributed by atoms with Gasteiger partial charge in [-0.2, -0.15) is 0 Å². The Morgan fingerprint density at radius 1 is 0.292 bits per heavy atom. The standard InChI is InChI=1S/C92H110N24O12S2/c93-33-17-15-31-71(85(121)111-75(35-53-19-3-1-4-20-53)87(123)113-77(39-57-45-103-69-29-13-9-25-63(57)69)89(125)109-73(81(97)117)37-55-43-101-67-27-11-7-23-61(55)67)107-91(127)79(115-83(119)65(95)41-59-47-99-51-105-59)49-129-130-50-80(116-84(120)66(96)42-60-48-100-52-106-60)92(128)108-72(32-16-18-34-94)86(122)112-76(36-54-21-5-2-6-22-54)88(124)114-78(40-58-46-104-70-30-14-10-26-64(58)70)90(126)110-74(82(98)118)38-56-44-102-68-28-12-8-24-62(56)68/h1-14,19-30,43-48,51-52,65-66,71-80,101-104H,15-18,31-42,49-50,93-96H2,(H2,97,117)(H2,98,118)(H,99,105)(H,100,106)(H,107,127)(H,108,128)(H,109,125)(H,110,126)(H,111,121)(H,112,122)(H,113,123)(H,114,124)(H,115,119)(H,116,120)/t65-,66-,71-,72-,73-,74-,75-,76-,77-,78-,79-,80-/m0/s1. The Labute approximate surface area is 756 Å². The molecule has 12 rings (SSSR count). The largest absolute Gasteiger partial charge is 0.368 e. The molecule has 0 bridgehead atoms. The minimum atomic E-state index is -1.52. The van der Waals surface area contributed by atoms with Gasteiger partial charge in [0.05, 0.1) is 36.1 Å². The summed E-state index contributed by atoms with van der Waals surface area (Å²) in [5.74, 6) is -10.5. The van der Waals surface area contributed by atoms with E-state index in [0.717, 1.165) is 65.2 Å². The minimum absolute atomic E-state index is 0.00145. The number of amides is 12. The van der Waals surface area contributed by atoms with Gasteiger partial charge in [0.15, 0.2) is 0 Å². The number of benzene rings is 6. The van der Waals surface area contributed by atoms with Gasteiger partial charge in [-0.25, -0.2) is 9.97 Å². The number of primary amides is 2. The first kappa shape index (κ1) is 95.2. The molecule has 0 aliphatic rings. The van der Waals surface area contributed by atoms with Crippen LogP contribution in [0, 0.1) is 0 Å². The van der Waals surface area contributed by atoms with Crippen LogP contribution in [0.5, 0.6) is 0 Å². The van der Waals surface area contributed by atoms with Crippen LogP contribution in [0.3, 0.4) is 0 Å². The Morgan fingerprint density at radius 3 is 0.854 bits per heavy atom. The van der Waals surface area contributed by atoms with Gasteiger partial charge in [-0.15, -0.1) is 0 Å². The number of aromatic amines is 6. The Kier molecular flexibility index (Phi) is 34.6. The Balaban J connectivity index is 0.782. The van der Waals surface area contributed by atoms with E-state index >= 15 is 28.8 Å². The number of aromatic nitrogens is 8. The van der Waals surface area contributed by atoms with E-state index in [0.29, 0.717) is 57.6 Å². The monoisotopic (exact) mass is 1810 g/mol. The third kappa shape index (κ3) is 26.9. The molecule has 12 amide bonds. The van der Waals surface area contributed by atoms with E-state index < -0.39 is 143 Å². The van der Waals surface area contributed by atoms with Crippen molar-refractivity contribution < 1.29 is 57.5 Å². The molecule has 0 fully saturated rings. The molecule has 0 spiro atoms. The molecule has 6 aromatic heterocycles. The van der Waals surface area contributed by atoms with E-state index in [1.54, 1.807) is 97.8 Å². The number of imidazole rings is 2. The molecule has 0 radical (unpaired) electrons. The van der Waals surface area contributed by atoms with Crippen molar-refractivity contribution in [3.63, 3.8) is 0 Å². The van der Waals surface area contributed by atoms with E-state index in [1.807, 2.05) is 97.1 Å². The van der Waals surface area contributed by atoms with E-state index in [2.05, 4.69) is 93.0 Å². The Hall–Kier alpha value is -13.9. The molecule has 130 heavy (non-hydrogen) atoms. The highest BCUT2D eigenvalue weighted by atomic mass is 33.1. The highest BCUT2D eigenvalue weighted by molar-refractivity contribution is 8.76. The second kappa shape index (κ2) is 47.2. The summed E-state index contributed by atoms with van der Waals surface area (Å²) in [6.45, 7) is 0.390. The zero-order chi connectivity index (χ0) is 92.0. The second-order valence-electron chi connectivity index (χ2n) is 31.9. The topological polar surface area (TPSA) is 602 Å². The highest BCUT2D eigenvalue weighted by Gasteiger charge is 2.38. The summed E-state index contributed by atoms with van der Waals surface area (Å²) in [5, 5.41) is 31.3. The molecule has 0 saturated heterocycles. The van der Waals surface area contributed by atoms with E-state index in [9.17, 15) is 28.8 Å². The summed E-state index contributed by atoms with van der Waals surface area (Å²) >= 11 is 0. The average Bonchev–Trinajstić information content (AvgIpc) is 1.69. The van der Waals surface area contributed by atoms with Gasteiger partial charge in [0.2, 0.25) is 70.9 Å². The van der Waals surface area contributed by atoms with Crippen LogP contribution in [-0.4, -0.2) is 208 Å². The van der Waals surface area contributed by atoms with Gasteiger partial charge < -0.3 is 117 Å². The van der Waals surface area contributed by atoms with Crippen LogP contribution < -0.4 is 87.6 Å². The maximum Gasteiger partial charge on any atom is 0.244 e. The van der Waals surface area contributed by atoms with Crippen molar-refractivity contribution in [2.75, 3.05) is 24.6 Å². The number of hydrogen-bond acceptors (Lipinski definition) is 20. The molecule has 0 unspecified atom stereocenters. The predicted octanol–water partition coefficient (Wildman–Crippen LogP) is 2.41. The number of rotatable bonds is 51. The van der Waals surface area contributed by atoms with Crippen LogP contribution in [-0.2, 0) is 109 Å². The van der Waals surface area contributed by atoms with Crippen molar-refractivity contribution in [3.05, 3.63) is 252 Å². The SMILES string of the molecule is NCCCC[C@H](NC(=O)[C@H](CSSC[C@H](NC(=O)[C@@H](N)Cc1c[nH]cn1)C(=O)N[C@@H](CCCCN)C(=O)N[C@@H](Cc1ccccc1)C(=O)N[C@@H](Cc1c[nH]c2ccccc12)C(=O)N[C@@H](Cc1c[nH]c2ccccc12)C(N)=O)NC(=O)[C@@H](N)Cc1c[nH]cn1)C(=O)N[C@@H](Cc1ccccc1)C(=O)N[C@@H](Cc1c[nH]c2ccccc12)C(=O)N[C@@H](Cc1c[nH]c2ccccc12)C(N)=O. The highest BCUT2D eigenvalue weighted by Crippen LogP contribution is 2.27. The van der Waals surface area contributed by atoms with Crippen molar-refractivity contribution in [1.29, 1.82) is 0 Å². The minimum Gasteiger partial charge on any atom is -0.368 e. The molecule has 36 nitrogen and oxygen atoms in total. The van der Waals surface area contributed by atoms with Gasteiger partial charge in [-0.3, -0.25) is 57.5 Å². The fourth-order valence-electron chi connectivity index (χ4n) is 15.4. The quantitative estimate of drug-likeness (QED) is 0.0192. The molecule has 12 atom stereocenters. The molecule has 12 aromatic rings. The Morgan fingerprint density at radius 2 is 0.554 bits per heavy atom. The van der Waals surface area contributed by atoms with Gasteiger partial charge in [0.1, 0.15) is 60.4 Å². The number of carbonyl (C=O) groups is 12. The lowest BCUT2D eigenvalue weighted by atomic mass is 10.00. The third-order valence-corrected chi connectivity index (χ3v) is 24.9. The molecule has 28 N–H and O–H groups in total. The van der Waals surface area contributed by atoms with Crippen molar-refractivity contribution in [2.24, 2.45) is 34.4 Å². The first-order valence-electron chi connectivity index (χ1n) is 43.0. The van der Waals surface area contributed by atoms with Crippen LogP contribution in [0.2, 0.25) is 0 Å². The number of hydrogen-bond donors (Lipinski definition) is 22. The fraction of sp³-hybridized carbons (Fsp3) is 0.326. The maximum atomic E-state index is 15.3. The summed E-state index contributed by atoms with van der Waals surface area (Å²) in [6, 6.07) is 30.5. The van der Waals surface area contributed by atoms with Crippen molar-refractivity contribution in [2.45, 2.75) is 162 Å². The van der Waals surface area contributed by atoms with Crippen LogP contribution in [0.15, 0.2) is 208 Å². The number of nitrogens with two attached hydrogens (primary N) is 6. The number of carbonyl (C=O) groups excluding carboxylic acids is 12. The summed E-state index contributed by atoms with van der Waals surface area (Å²) in [7, 11) is 1.94. The van der Waals surface area contributed by atoms with Gasteiger partial charge >= 0.3 is 0 Å². The third-order valence-electron chi connectivity index (χ3n) is 22.4. The number of para-hydroxylation sites is 4. The summed E-state index contributed by atoms with van der Waals surface area (Å²) < 4.78 is 0. The zero-order valence-electron chi connectivity index (χ0n) is 71.4.